The van der Waals surface area contributed by atoms with E-state index in [1.165, 1.54) is 6.20 Å². The molecule has 0 rings (SSSR count). The molecule has 8 heavy (non-hydrogen) atoms. The van der Waals surface area contributed by atoms with E-state index in [-0.39, 0.29) is 0 Å². The third kappa shape index (κ3) is 2.39. The molecule has 0 aromatic rings. The van der Waals surface area contributed by atoms with Crippen molar-refractivity contribution in [1.82, 2.24) is 0 Å². The average molecular weight is 113 g/mol. The fraction of sp³-hybridized carbons (Fsp3) is 0.500. The number of aliphatic imine (C=N–C) groups is 1. The van der Waals surface area contributed by atoms with Crippen LogP contribution in [-0.2, 0) is 4.74 Å². The zero-order valence-corrected chi connectivity index (χ0v) is 5.35. The summed E-state index contributed by atoms with van der Waals surface area (Å²) in [5.41, 5.74) is 0. The summed E-state index contributed by atoms with van der Waals surface area (Å²) < 4.78 is 4.82. The molecule has 0 heterocycles. The van der Waals surface area contributed by atoms with Gasteiger partial charge in [-0.05, 0) is 0 Å². The van der Waals surface area contributed by atoms with E-state index >= 15 is 0 Å². The highest BCUT2D eigenvalue weighted by molar-refractivity contribution is 5.76. The topological polar surface area (TPSA) is 21.6 Å². The standard InChI is InChI=1S/C6H11NO/c1-4-6(8-3)7-5-2/h5H,2,4H2,1,3H3. The van der Waals surface area contributed by atoms with Crippen molar-refractivity contribution in [1.29, 1.82) is 0 Å². The second-order valence-corrected chi connectivity index (χ2v) is 1.26. The predicted molar refractivity (Wildman–Crippen MR) is 34.9 cm³/mol. The van der Waals surface area contributed by atoms with Crippen LogP contribution >= 0.6 is 0 Å². The van der Waals surface area contributed by atoms with E-state index in [9.17, 15) is 0 Å². The van der Waals surface area contributed by atoms with Crippen LogP contribution in [0.2, 0.25) is 0 Å². The van der Waals surface area contributed by atoms with Crippen LogP contribution in [-0.4, -0.2) is 13.0 Å². The highest BCUT2D eigenvalue weighted by atomic mass is 16.5. The van der Waals surface area contributed by atoms with Crippen LogP contribution in [0.3, 0.4) is 0 Å². The molecular formula is C6H11NO. The second kappa shape index (κ2) is 4.37. The predicted octanol–water partition coefficient (Wildman–Crippen LogP) is 1.58. The lowest BCUT2D eigenvalue weighted by atomic mass is 10.5. The van der Waals surface area contributed by atoms with Gasteiger partial charge in [0.1, 0.15) is 0 Å². The Morgan fingerprint density at radius 1 is 1.88 bits per heavy atom. The minimum Gasteiger partial charge on any atom is -0.484 e. The van der Waals surface area contributed by atoms with Gasteiger partial charge in [-0.1, -0.05) is 13.5 Å². The zero-order chi connectivity index (χ0) is 6.41. The van der Waals surface area contributed by atoms with Gasteiger partial charge < -0.3 is 4.74 Å². The number of rotatable bonds is 2. The van der Waals surface area contributed by atoms with Crippen LogP contribution in [0, 0.1) is 0 Å². The van der Waals surface area contributed by atoms with Gasteiger partial charge >= 0.3 is 0 Å². The molecule has 0 aromatic heterocycles. The minimum atomic E-state index is 0.722. The molecule has 46 valence electrons. The van der Waals surface area contributed by atoms with Crippen LogP contribution in [0.4, 0.5) is 0 Å². The zero-order valence-electron chi connectivity index (χ0n) is 5.35. The summed E-state index contributed by atoms with van der Waals surface area (Å²) in [5.74, 6) is 0.722. The molecule has 0 saturated heterocycles. The van der Waals surface area contributed by atoms with Crippen molar-refractivity contribution in [2.45, 2.75) is 13.3 Å². The SMILES string of the molecule is C=CN=C(CC)OC. The smallest absolute Gasteiger partial charge is 0.187 e. The van der Waals surface area contributed by atoms with Gasteiger partial charge in [0.05, 0.1) is 7.11 Å². The summed E-state index contributed by atoms with van der Waals surface area (Å²) in [4.78, 5) is 3.82. The lowest BCUT2D eigenvalue weighted by molar-refractivity contribution is 0.392. The van der Waals surface area contributed by atoms with Gasteiger partial charge in [-0.2, -0.15) is 0 Å². The molecule has 0 aliphatic rings. The lowest BCUT2D eigenvalue weighted by Gasteiger charge is -1.96. The summed E-state index contributed by atoms with van der Waals surface area (Å²) in [6.45, 7) is 5.41. The fourth-order valence-corrected chi connectivity index (χ4v) is 0.390. The van der Waals surface area contributed by atoms with Crippen LogP contribution in [0.15, 0.2) is 17.8 Å². The first-order valence-corrected chi connectivity index (χ1v) is 2.56. The summed E-state index contributed by atoms with van der Waals surface area (Å²) in [6, 6.07) is 0. The average Bonchev–Trinajstić information content (AvgIpc) is 1.83. The number of hydrogen-bond acceptors (Lipinski definition) is 2. The van der Waals surface area contributed by atoms with Crippen molar-refractivity contribution in [2.24, 2.45) is 4.99 Å². The molecule has 0 radical (unpaired) electrons. The summed E-state index contributed by atoms with van der Waals surface area (Å²) >= 11 is 0. The molecule has 2 heteroatoms. The van der Waals surface area contributed by atoms with Crippen molar-refractivity contribution in [3.63, 3.8) is 0 Å². The number of ether oxygens (including phenoxy) is 1. The molecule has 0 unspecified atom stereocenters. The first-order valence-electron chi connectivity index (χ1n) is 2.56. The molecule has 0 atom stereocenters. The molecule has 0 amide bonds. The van der Waals surface area contributed by atoms with Crippen molar-refractivity contribution in [3.05, 3.63) is 12.8 Å². The van der Waals surface area contributed by atoms with Gasteiger partial charge in [-0.15, -0.1) is 0 Å². The van der Waals surface area contributed by atoms with E-state index in [4.69, 9.17) is 4.74 Å². The molecule has 0 saturated carbocycles. The first-order chi connectivity index (χ1) is 3.85. The first kappa shape index (κ1) is 7.21. The summed E-state index contributed by atoms with van der Waals surface area (Å²) in [5, 5.41) is 0. The Kier molecular flexibility index (Phi) is 3.94. The Hall–Kier alpha value is -0.790. The third-order valence-corrected chi connectivity index (χ3v) is 0.773. The lowest BCUT2D eigenvalue weighted by Crippen LogP contribution is -1.96. The maximum absolute atomic E-state index is 4.82. The third-order valence-electron chi connectivity index (χ3n) is 0.773. The molecule has 0 bridgehead atoms. The van der Waals surface area contributed by atoms with Crippen molar-refractivity contribution < 1.29 is 4.74 Å². The molecule has 0 aliphatic carbocycles. The van der Waals surface area contributed by atoms with E-state index in [1.54, 1.807) is 7.11 Å². The molecule has 0 aliphatic heterocycles. The highest BCUT2D eigenvalue weighted by Gasteiger charge is 1.86. The molecule has 0 N–H and O–H groups in total. The molecule has 0 spiro atoms. The summed E-state index contributed by atoms with van der Waals surface area (Å²) in [7, 11) is 1.60. The summed E-state index contributed by atoms with van der Waals surface area (Å²) in [6.07, 6.45) is 2.30. The van der Waals surface area contributed by atoms with E-state index in [0.29, 0.717) is 0 Å². The number of hydrogen-bond donors (Lipinski definition) is 0. The maximum atomic E-state index is 4.82. The molecule has 0 fully saturated rings. The maximum Gasteiger partial charge on any atom is 0.187 e. The molecule has 2 nitrogen and oxygen atoms in total. The van der Waals surface area contributed by atoms with Gasteiger partial charge in [0.2, 0.25) is 0 Å². The van der Waals surface area contributed by atoms with Crippen molar-refractivity contribution in [2.75, 3.05) is 7.11 Å². The molecular weight excluding hydrogens is 102 g/mol. The second-order valence-electron chi connectivity index (χ2n) is 1.26. The Morgan fingerprint density at radius 3 is 2.62 bits per heavy atom. The van der Waals surface area contributed by atoms with E-state index in [2.05, 4.69) is 11.6 Å². The van der Waals surface area contributed by atoms with Gasteiger partial charge in [0, 0.05) is 12.6 Å². The Labute approximate surface area is 49.9 Å². The van der Waals surface area contributed by atoms with Gasteiger partial charge in [-0.3, -0.25) is 0 Å². The Balaban J connectivity index is 3.66. The highest BCUT2D eigenvalue weighted by Crippen LogP contribution is 1.85. The Morgan fingerprint density at radius 2 is 2.50 bits per heavy atom. The van der Waals surface area contributed by atoms with Gasteiger partial charge in [-0.25, -0.2) is 4.99 Å². The Bertz CT molecular complexity index is 90.7. The van der Waals surface area contributed by atoms with E-state index in [0.717, 1.165) is 12.3 Å². The number of nitrogens with zero attached hydrogens (tertiary/aromatic N) is 1. The number of methoxy groups -OCH3 is 1. The monoisotopic (exact) mass is 113 g/mol. The normalized spacial score (nSPS) is 11.0. The van der Waals surface area contributed by atoms with Gasteiger partial charge in [0.15, 0.2) is 5.90 Å². The molecule has 0 aromatic carbocycles. The van der Waals surface area contributed by atoms with Crippen LogP contribution in [0.25, 0.3) is 0 Å². The van der Waals surface area contributed by atoms with Crippen LogP contribution < -0.4 is 0 Å². The van der Waals surface area contributed by atoms with E-state index in [1.807, 2.05) is 6.92 Å². The minimum absolute atomic E-state index is 0.722. The van der Waals surface area contributed by atoms with Gasteiger partial charge in [0.25, 0.3) is 0 Å². The largest absolute Gasteiger partial charge is 0.484 e. The quantitative estimate of drug-likeness (QED) is 0.393. The van der Waals surface area contributed by atoms with Crippen LogP contribution in [0.1, 0.15) is 13.3 Å². The van der Waals surface area contributed by atoms with Crippen LogP contribution in [0.5, 0.6) is 0 Å². The van der Waals surface area contributed by atoms with Crippen molar-refractivity contribution in [3.8, 4) is 0 Å². The van der Waals surface area contributed by atoms with Crippen molar-refractivity contribution >= 4 is 5.90 Å². The fourth-order valence-electron chi connectivity index (χ4n) is 0.390. The van der Waals surface area contributed by atoms with E-state index < -0.39 is 0 Å².